The molecule has 0 fully saturated rings. The van der Waals surface area contributed by atoms with Crippen LogP contribution in [0, 0.1) is 0 Å². The van der Waals surface area contributed by atoms with Gasteiger partial charge in [-0.15, -0.1) is 0 Å². The van der Waals surface area contributed by atoms with Crippen LogP contribution in [-0.2, 0) is 16.6 Å². The molecular weight excluding hydrogens is 292 g/mol. The Hall–Kier alpha value is -2.19. The summed E-state index contributed by atoms with van der Waals surface area (Å²) in [6.07, 6.45) is 2.39. The van der Waals surface area contributed by atoms with E-state index in [-0.39, 0.29) is 17.4 Å². The van der Waals surface area contributed by atoms with Gasteiger partial charge in [-0.2, -0.15) is 4.31 Å². The van der Waals surface area contributed by atoms with Crippen LogP contribution in [0.25, 0.3) is 0 Å². The standard InChI is InChI=1S/C13H16N4O3S/c1-17(9-10-4-3-5-11(6-10)20-2)21(18,19)12-7-15-13(14)16-8-12/h3-8H,9H2,1-2H3,(H2,14,15,16). The van der Waals surface area contributed by atoms with Crippen molar-refractivity contribution in [2.75, 3.05) is 19.9 Å². The Morgan fingerprint density at radius 3 is 2.57 bits per heavy atom. The zero-order valence-electron chi connectivity index (χ0n) is 11.7. The molecule has 1 aromatic carbocycles. The molecule has 112 valence electrons. The van der Waals surface area contributed by atoms with Gasteiger partial charge in [-0.25, -0.2) is 18.4 Å². The van der Waals surface area contributed by atoms with Gasteiger partial charge in [0.25, 0.3) is 0 Å². The van der Waals surface area contributed by atoms with Crippen LogP contribution in [0.5, 0.6) is 5.75 Å². The smallest absolute Gasteiger partial charge is 0.246 e. The number of ether oxygens (including phenoxy) is 1. The Bertz CT molecular complexity index is 716. The molecule has 0 aliphatic heterocycles. The largest absolute Gasteiger partial charge is 0.497 e. The summed E-state index contributed by atoms with van der Waals surface area (Å²) in [4.78, 5) is 7.41. The van der Waals surface area contributed by atoms with Crippen molar-refractivity contribution in [3.8, 4) is 5.75 Å². The summed E-state index contributed by atoms with van der Waals surface area (Å²) < 4.78 is 31.1. The lowest BCUT2D eigenvalue weighted by Crippen LogP contribution is -2.26. The second-order valence-electron chi connectivity index (χ2n) is 4.39. The minimum absolute atomic E-state index is 0.00194. The average Bonchev–Trinajstić information content (AvgIpc) is 2.48. The Balaban J connectivity index is 2.22. The van der Waals surface area contributed by atoms with Gasteiger partial charge < -0.3 is 10.5 Å². The first-order valence-electron chi connectivity index (χ1n) is 6.10. The fraction of sp³-hybridized carbons (Fsp3) is 0.231. The van der Waals surface area contributed by atoms with Gasteiger partial charge in [0.15, 0.2) is 0 Å². The van der Waals surface area contributed by atoms with Gasteiger partial charge in [0.2, 0.25) is 16.0 Å². The number of anilines is 1. The molecule has 0 aliphatic rings. The van der Waals surface area contributed by atoms with Crippen LogP contribution in [0.2, 0.25) is 0 Å². The van der Waals surface area contributed by atoms with E-state index in [0.29, 0.717) is 5.75 Å². The molecular formula is C13H16N4O3S. The second kappa shape index (κ2) is 6.06. The zero-order valence-corrected chi connectivity index (χ0v) is 12.5. The lowest BCUT2D eigenvalue weighted by molar-refractivity contribution is 0.412. The van der Waals surface area contributed by atoms with Crippen molar-refractivity contribution in [2.24, 2.45) is 0 Å². The van der Waals surface area contributed by atoms with E-state index in [4.69, 9.17) is 10.5 Å². The lowest BCUT2D eigenvalue weighted by Gasteiger charge is -2.17. The summed E-state index contributed by atoms with van der Waals surface area (Å²) >= 11 is 0. The Kier molecular flexibility index (Phi) is 4.39. The van der Waals surface area contributed by atoms with Crippen LogP contribution in [-0.4, -0.2) is 36.8 Å². The topological polar surface area (TPSA) is 98.4 Å². The highest BCUT2D eigenvalue weighted by atomic mass is 32.2. The van der Waals surface area contributed by atoms with Crippen LogP contribution in [0.1, 0.15) is 5.56 Å². The molecule has 21 heavy (non-hydrogen) atoms. The molecule has 0 spiro atoms. The van der Waals surface area contributed by atoms with Crippen LogP contribution >= 0.6 is 0 Å². The number of hydrogen-bond acceptors (Lipinski definition) is 6. The number of benzene rings is 1. The maximum Gasteiger partial charge on any atom is 0.246 e. The average molecular weight is 308 g/mol. The number of aromatic nitrogens is 2. The Morgan fingerprint density at radius 1 is 1.29 bits per heavy atom. The summed E-state index contributed by atoms with van der Waals surface area (Å²) in [5.41, 5.74) is 6.17. The number of nitrogen functional groups attached to an aromatic ring is 1. The molecule has 0 saturated carbocycles. The molecule has 1 heterocycles. The Labute approximate surface area is 123 Å². The quantitative estimate of drug-likeness (QED) is 0.880. The molecule has 2 aromatic rings. The third kappa shape index (κ3) is 3.47. The van der Waals surface area contributed by atoms with E-state index in [1.165, 1.54) is 23.7 Å². The highest BCUT2D eigenvalue weighted by Crippen LogP contribution is 2.18. The van der Waals surface area contributed by atoms with Gasteiger partial charge in [-0.1, -0.05) is 12.1 Å². The van der Waals surface area contributed by atoms with Crippen molar-refractivity contribution >= 4 is 16.0 Å². The molecule has 0 atom stereocenters. The molecule has 8 heteroatoms. The maximum absolute atomic E-state index is 12.4. The number of sulfonamides is 1. The van der Waals surface area contributed by atoms with E-state index in [1.807, 2.05) is 6.07 Å². The van der Waals surface area contributed by atoms with Gasteiger partial charge >= 0.3 is 0 Å². The highest BCUT2D eigenvalue weighted by molar-refractivity contribution is 7.89. The number of nitrogens with two attached hydrogens (primary N) is 1. The number of methoxy groups -OCH3 is 1. The van der Waals surface area contributed by atoms with Gasteiger partial charge in [0, 0.05) is 13.6 Å². The first-order chi connectivity index (χ1) is 9.93. The molecule has 0 amide bonds. The van der Waals surface area contributed by atoms with Crippen molar-refractivity contribution in [3.05, 3.63) is 42.2 Å². The molecule has 7 nitrogen and oxygen atoms in total. The maximum atomic E-state index is 12.4. The molecule has 0 unspecified atom stereocenters. The lowest BCUT2D eigenvalue weighted by atomic mass is 10.2. The number of rotatable bonds is 5. The van der Waals surface area contributed by atoms with Crippen LogP contribution in [0.4, 0.5) is 5.95 Å². The van der Waals surface area contributed by atoms with Gasteiger partial charge in [0.05, 0.1) is 19.5 Å². The first kappa shape index (κ1) is 15.2. The molecule has 2 N–H and O–H groups in total. The first-order valence-corrected chi connectivity index (χ1v) is 7.54. The molecule has 0 aliphatic carbocycles. The number of nitrogens with zero attached hydrogens (tertiary/aromatic N) is 3. The molecule has 0 radical (unpaired) electrons. The van der Waals surface area contributed by atoms with Gasteiger partial charge in [-0.3, -0.25) is 0 Å². The SMILES string of the molecule is COc1cccc(CN(C)S(=O)(=O)c2cnc(N)nc2)c1. The van der Waals surface area contributed by atoms with E-state index >= 15 is 0 Å². The fourth-order valence-corrected chi connectivity index (χ4v) is 2.80. The second-order valence-corrected chi connectivity index (χ2v) is 6.43. The van der Waals surface area contributed by atoms with Crippen molar-refractivity contribution in [3.63, 3.8) is 0 Å². The summed E-state index contributed by atoms with van der Waals surface area (Å²) in [5, 5.41) is 0. The fourth-order valence-electron chi connectivity index (χ4n) is 1.75. The molecule has 2 rings (SSSR count). The molecule has 0 bridgehead atoms. The monoisotopic (exact) mass is 308 g/mol. The van der Waals surface area contributed by atoms with E-state index in [9.17, 15) is 8.42 Å². The molecule has 0 saturated heterocycles. The summed E-state index contributed by atoms with van der Waals surface area (Å²) in [5.74, 6) is 0.707. The van der Waals surface area contributed by atoms with Gasteiger partial charge in [0.1, 0.15) is 10.6 Å². The van der Waals surface area contributed by atoms with Crippen LogP contribution < -0.4 is 10.5 Å². The third-order valence-corrected chi connectivity index (χ3v) is 4.65. The van der Waals surface area contributed by atoms with E-state index in [0.717, 1.165) is 5.56 Å². The van der Waals surface area contributed by atoms with Crippen molar-refractivity contribution in [2.45, 2.75) is 11.4 Å². The summed E-state index contributed by atoms with van der Waals surface area (Å²) in [6, 6.07) is 7.21. The summed E-state index contributed by atoms with van der Waals surface area (Å²) in [6.45, 7) is 0.212. The molecule has 1 aromatic heterocycles. The Morgan fingerprint density at radius 2 is 1.95 bits per heavy atom. The van der Waals surface area contributed by atoms with E-state index in [2.05, 4.69) is 9.97 Å². The van der Waals surface area contributed by atoms with E-state index < -0.39 is 10.0 Å². The van der Waals surface area contributed by atoms with Crippen molar-refractivity contribution < 1.29 is 13.2 Å². The van der Waals surface area contributed by atoms with Crippen LogP contribution in [0.3, 0.4) is 0 Å². The van der Waals surface area contributed by atoms with Crippen LogP contribution in [0.15, 0.2) is 41.6 Å². The predicted octanol–water partition coefficient (Wildman–Crippen LogP) is 0.888. The minimum Gasteiger partial charge on any atom is -0.497 e. The third-order valence-electron chi connectivity index (χ3n) is 2.90. The van der Waals surface area contributed by atoms with Gasteiger partial charge in [-0.05, 0) is 17.7 Å². The van der Waals surface area contributed by atoms with E-state index in [1.54, 1.807) is 25.3 Å². The van der Waals surface area contributed by atoms with Crippen molar-refractivity contribution in [1.82, 2.24) is 14.3 Å². The number of hydrogen-bond donors (Lipinski definition) is 1. The highest BCUT2D eigenvalue weighted by Gasteiger charge is 2.21. The normalized spacial score (nSPS) is 11.6. The zero-order chi connectivity index (χ0) is 15.5. The predicted molar refractivity (Wildman–Crippen MR) is 78.1 cm³/mol. The summed E-state index contributed by atoms with van der Waals surface area (Å²) in [7, 11) is -0.610. The minimum atomic E-state index is -3.66. The van der Waals surface area contributed by atoms with Crippen molar-refractivity contribution in [1.29, 1.82) is 0 Å².